The number of rotatable bonds is 5. The minimum atomic E-state index is -0.536. The number of amides is 1. The number of nitro benzene ring substituents is 1. The van der Waals surface area contributed by atoms with E-state index in [1.807, 2.05) is 13.8 Å². The quantitative estimate of drug-likeness (QED) is 0.512. The molecule has 0 fully saturated rings. The molecule has 0 aliphatic carbocycles. The topological polar surface area (TPSA) is 72.2 Å². The molecular formula is C13H17BrN2O3. The van der Waals surface area contributed by atoms with Crippen molar-refractivity contribution in [3.05, 3.63) is 39.4 Å². The lowest BCUT2D eigenvalue weighted by atomic mass is 10.1. The Bertz CT molecular complexity index is 489. The van der Waals surface area contributed by atoms with Gasteiger partial charge in [-0.3, -0.25) is 14.9 Å². The molecule has 5 nitrogen and oxygen atoms in total. The van der Waals surface area contributed by atoms with Crippen LogP contribution in [-0.4, -0.2) is 21.7 Å². The van der Waals surface area contributed by atoms with Crippen molar-refractivity contribution >= 4 is 27.5 Å². The number of alkyl halides is 1. The number of hydrogen-bond acceptors (Lipinski definition) is 3. The molecule has 0 aromatic heterocycles. The Labute approximate surface area is 120 Å². The van der Waals surface area contributed by atoms with Crippen LogP contribution in [0.2, 0.25) is 0 Å². The third-order valence-electron chi connectivity index (χ3n) is 2.65. The van der Waals surface area contributed by atoms with Crippen molar-refractivity contribution in [1.82, 2.24) is 5.32 Å². The van der Waals surface area contributed by atoms with Gasteiger partial charge in [0.2, 0.25) is 0 Å². The van der Waals surface area contributed by atoms with Crippen LogP contribution in [0.1, 0.15) is 36.2 Å². The van der Waals surface area contributed by atoms with Crippen molar-refractivity contribution < 1.29 is 9.72 Å². The number of hydrogen-bond donors (Lipinski definition) is 1. The molecule has 0 bridgehead atoms. The molecular weight excluding hydrogens is 312 g/mol. The van der Waals surface area contributed by atoms with Gasteiger partial charge in [0.05, 0.1) is 4.92 Å². The lowest BCUT2D eigenvalue weighted by molar-refractivity contribution is -0.385. The average Bonchev–Trinajstić information content (AvgIpc) is 2.26. The predicted octanol–water partition coefficient (Wildman–Crippen LogP) is 3.20. The van der Waals surface area contributed by atoms with E-state index >= 15 is 0 Å². The van der Waals surface area contributed by atoms with Gasteiger partial charge in [-0.05, 0) is 31.9 Å². The maximum Gasteiger partial charge on any atom is 0.282 e. The standard InChI is InChI=1S/C13H17BrN2O3/c1-8-4-5-12(16(18)19)11(6-8)13(17)15-10(3)7-9(2)14/h4-6,9-10H,7H2,1-3H3,(H,15,17). The first-order chi connectivity index (χ1) is 8.81. The van der Waals surface area contributed by atoms with Crippen molar-refractivity contribution in [3.63, 3.8) is 0 Å². The number of nitrogens with zero attached hydrogens (tertiary/aromatic N) is 1. The molecule has 1 aromatic rings. The summed E-state index contributed by atoms with van der Waals surface area (Å²) >= 11 is 3.41. The van der Waals surface area contributed by atoms with Crippen LogP contribution in [0.3, 0.4) is 0 Å². The van der Waals surface area contributed by atoms with Crippen LogP contribution in [0.15, 0.2) is 18.2 Å². The van der Waals surface area contributed by atoms with Crippen LogP contribution in [0.5, 0.6) is 0 Å². The van der Waals surface area contributed by atoms with Crippen LogP contribution >= 0.6 is 15.9 Å². The van der Waals surface area contributed by atoms with E-state index in [9.17, 15) is 14.9 Å². The lowest BCUT2D eigenvalue weighted by Crippen LogP contribution is -2.34. The highest BCUT2D eigenvalue weighted by molar-refractivity contribution is 9.09. The summed E-state index contributed by atoms with van der Waals surface area (Å²) in [5.41, 5.74) is 0.763. The van der Waals surface area contributed by atoms with Crippen molar-refractivity contribution in [2.45, 2.75) is 38.1 Å². The number of nitro groups is 1. The molecule has 19 heavy (non-hydrogen) atoms. The Morgan fingerprint density at radius 1 is 1.47 bits per heavy atom. The largest absolute Gasteiger partial charge is 0.349 e. The minimum absolute atomic E-state index is 0.0537. The van der Waals surface area contributed by atoms with Crippen molar-refractivity contribution in [2.75, 3.05) is 0 Å². The highest BCUT2D eigenvalue weighted by Crippen LogP contribution is 2.20. The molecule has 1 amide bonds. The number of aryl methyl sites for hydroxylation is 1. The summed E-state index contributed by atoms with van der Waals surface area (Å²) in [5.74, 6) is -0.406. The summed E-state index contributed by atoms with van der Waals surface area (Å²) in [4.78, 5) is 22.7. The van der Waals surface area contributed by atoms with Crippen LogP contribution < -0.4 is 5.32 Å². The summed E-state index contributed by atoms with van der Waals surface area (Å²) in [6.45, 7) is 5.65. The first kappa shape index (κ1) is 15.6. The molecule has 0 aliphatic heterocycles. The second kappa shape index (κ2) is 6.65. The van der Waals surface area contributed by atoms with Gasteiger partial charge in [-0.1, -0.05) is 28.9 Å². The zero-order valence-electron chi connectivity index (χ0n) is 11.1. The molecule has 0 saturated carbocycles. The molecule has 0 saturated heterocycles. The van der Waals surface area contributed by atoms with Crippen LogP contribution in [-0.2, 0) is 0 Å². The first-order valence-electron chi connectivity index (χ1n) is 6.01. The van der Waals surface area contributed by atoms with E-state index in [2.05, 4.69) is 21.2 Å². The van der Waals surface area contributed by atoms with E-state index in [0.717, 1.165) is 12.0 Å². The normalized spacial score (nSPS) is 13.7. The average molecular weight is 329 g/mol. The molecule has 0 heterocycles. The molecule has 1 N–H and O–H groups in total. The summed E-state index contributed by atoms with van der Waals surface area (Å²) in [6, 6.07) is 4.47. The number of carbonyl (C=O) groups is 1. The number of nitrogens with one attached hydrogen (secondary N) is 1. The van der Waals surface area contributed by atoms with Crippen LogP contribution in [0, 0.1) is 17.0 Å². The van der Waals surface area contributed by atoms with E-state index in [1.165, 1.54) is 12.1 Å². The molecule has 1 rings (SSSR count). The number of benzene rings is 1. The third kappa shape index (κ3) is 4.63. The van der Waals surface area contributed by atoms with E-state index in [0.29, 0.717) is 0 Å². The Kier molecular flexibility index (Phi) is 5.47. The number of halogens is 1. The van der Waals surface area contributed by atoms with Gasteiger partial charge in [0, 0.05) is 16.9 Å². The molecule has 1 aromatic carbocycles. The fraction of sp³-hybridized carbons (Fsp3) is 0.462. The zero-order chi connectivity index (χ0) is 14.6. The van der Waals surface area contributed by atoms with Crippen LogP contribution in [0.4, 0.5) is 5.69 Å². The smallest absolute Gasteiger partial charge is 0.282 e. The monoisotopic (exact) mass is 328 g/mol. The van der Waals surface area contributed by atoms with Crippen molar-refractivity contribution in [3.8, 4) is 0 Å². The Balaban J connectivity index is 2.92. The minimum Gasteiger partial charge on any atom is -0.349 e. The highest BCUT2D eigenvalue weighted by Gasteiger charge is 2.21. The second-order valence-corrected chi connectivity index (χ2v) is 6.23. The summed E-state index contributed by atoms with van der Waals surface area (Å²) in [5, 5.41) is 13.7. The van der Waals surface area contributed by atoms with E-state index < -0.39 is 10.8 Å². The van der Waals surface area contributed by atoms with Gasteiger partial charge in [-0.2, -0.15) is 0 Å². The molecule has 2 atom stereocenters. The van der Waals surface area contributed by atoms with E-state index in [-0.39, 0.29) is 22.1 Å². The molecule has 0 spiro atoms. The van der Waals surface area contributed by atoms with Crippen LogP contribution in [0.25, 0.3) is 0 Å². The fourth-order valence-corrected chi connectivity index (χ4v) is 2.40. The molecule has 0 radical (unpaired) electrons. The molecule has 6 heteroatoms. The molecule has 104 valence electrons. The van der Waals surface area contributed by atoms with Gasteiger partial charge < -0.3 is 5.32 Å². The van der Waals surface area contributed by atoms with Gasteiger partial charge in [0.25, 0.3) is 11.6 Å². The second-order valence-electron chi connectivity index (χ2n) is 4.67. The molecule has 2 unspecified atom stereocenters. The maximum atomic E-state index is 12.1. The first-order valence-corrected chi connectivity index (χ1v) is 6.92. The third-order valence-corrected chi connectivity index (χ3v) is 3.02. The lowest BCUT2D eigenvalue weighted by Gasteiger charge is -2.15. The van der Waals surface area contributed by atoms with Gasteiger partial charge in [-0.15, -0.1) is 0 Å². The number of carbonyl (C=O) groups excluding carboxylic acids is 1. The van der Waals surface area contributed by atoms with Gasteiger partial charge in [0.1, 0.15) is 5.56 Å². The van der Waals surface area contributed by atoms with Gasteiger partial charge >= 0.3 is 0 Å². The Morgan fingerprint density at radius 2 is 2.11 bits per heavy atom. The molecule has 0 aliphatic rings. The zero-order valence-corrected chi connectivity index (χ0v) is 12.7. The summed E-state index contributed by atoms with van der Waals surface area (Å²) in [7, 11) is 0. The predicted molar refractivity (Wildman–Crippen MR) is 77.8 cm³/mol. The summed E-state index contributed by atoms with van der Waals surface area (Å²) in [6.07, 6.45) is 0.755. The van der Waals surface area contributed by atoms with Gasteiger partial charge in [0.15, 0.2) is 0 Å². The van der Waals surface area contributed by atoms with Crippen molar-refractivity contribution in [2.24, 2.45) is 0 Å². The fourth-order valence-electron chi connectivity index (χ4n) is 1.84. The maximum absolute atomic E-state index is 12.1. The van der Waals surface area contributed by atoms with Crippen molar-refractivity contribution in [1.29, 1.82) is 0 Å². The van der Waals surface area contributed by atoms with E-state index in [1.54, 1.807) is 13.0 Å². The SMILES string of the molecule is Cc1ccc([N+](=O)[O-])c(C(=O)NC(C)CC(C)Br)c1. The highest BCUT2D eigenvalue weighted by atomic mass is 79.9. The summed E-state index contributed by atoms with van der Waals surface area (Å²) < 4.78 is 0. The van der Waals surface area contributed by atoms with Gasteiger partial charge in [-0.25, -0.2) is 0 Å². The Hall–Kier alpha value is -1.43. The van der Waals surface area contributed by atoms with E-state index in [4.69, 9.17) is 0 Å². The Morgan fingerprint density at radius 3 is 2.63 bits per heavy atom.